The summed E-state index contributed by atoms with van der Waals surface area (Å²) in [4.78, 5) is 15.0. The fraction of sp³-hybridized carbons (Fsp3) is 0.294. The fourth-order valence-corrected chi connectivity index (χ4v) is 2.57. The van der Waals surface area contributed by atoms with Crippen LogP contribution in [0.4, 0.5) is 0 Å². The molecular weight excluding hydrogens is 250 g/mol. The van der Waals surface area contributed by atoms with Crippen molar-refractivity contribution in [3.8, 4) is 0 Å². The van der Waals surface area contributed by atoms with Crippen molar-refractivity contribution < 1.29 is 9.90 Å². The van der Waals surface area contributed by atoms with Crippen LogP contribution in [0.2, 0.25) is 0 Å². The van der Waals surface area contributed by atoms with Gasteiger partial charge in [0.2, 0.25) is 0 Å². The first-order chi connectivity index (χ1) is 9.39. The van der Waals surface area contributed by atoms with Gasteiger partial charge in [-0.3, -0.25) is 4.98 Å². The number of carboxylic acids is 1. The lowest BCUT2D eigenvalue weighted by Gasteiger charge is -2.31. The number of aromatic carboxylic acids is 1. The van der Waals surface area contributed by atoms with Crippen LogP contribution < -0.4 is 0 Å². The summed E-state index contributed by atoms with van der Waals surface area (Å²) < 4.78 is 0. The van der Waals surface area contributed by atoms with E-state index in [0.29, 0.717) is 5.56 Å². The van der Waals surface area contributed by atoms with E-state index < -0.39 is 5.97 Å². The Balaban J connectivity index is 2.45. The molecule has 3 nitrogen and oxygen atoms in total. The summed E-state index contributed by atoms with van der Waals surface area (Å²) in [5, 5.41) is 8.98. The average molecular weight is 269 g/mol. The molecule has 0 saturated carbocycles. The molecule has 1 unspecified atom stereocenters. The van der Waals surface area contributed by atoms with Crippen molar-refractivity contribution in [1.29, 1.82) is 0 Å². The van der Waals surface area contributed by atoms with E-state index in [1.807, 2.05) is 24.3 Å². The molecule has 2 aromatic rings. The molecule has 0 aliphatic rings. The monoisotopic (exact) mass is 269 g/mol. The highest BCUT2D eigenvalue weighted by molar-refractivity contribution is 5.87. The molecule has 0 radical (unpaired) electrons. The van der Waals surface area contributed by atoms with Crippen molar-refractivity contribution in [2.45, 2.75) is 26.7 Å². The lowest BCUT2D eigenvalue weighted by Crippen LogP contribution is -2.19. The summed E-state index contributed by atoms with van der Waals surface area (Å²) >= 11 is 0. The number of nitrogens with zero attached hydrogens (tertiary/aromatic N) is 1. The van der Waals surface area contributed by atoms with E-state index in [2.05, 4.69) is 25.8 Å². The highest BCUT2D eigenvalue weighted by Crippen LogP contribution is 2.40. The molecular formula is C17H19NO2. The molecule has 2 rings (SSSR count). The van der Waals surface area contributed by atoms with Crippen molar-refractivity contribution in [2.24, 2.45) is 5.41 Å². The first kappa shape index (κ1) is 14.3. The molecule has 1 atom stereocenters. The largest absolute Gasteiger partial charge is 0.478 e. The molecule has 1 heterocycles. The Morgan fingerprint density at radius 3 is 1.95 bits per heavy atom. The summed E-state index contributed by atoms with van der Waals surface area (Å²) in [5.41, 5.74) is 2.66. The van der Waals surface area contributed by atoms with E-state index in [1.54, 1.807) is 24.5 Å². The first-order valence-corrected chi connectivity index (χ1v) is 6.63. The zero-order valence-electron chi connectivity index (χ0n) is 12.0. The van der Waals surface area contributed by atoms with Crippen LogP contribution in [0.3, 0.4) is 0 Å². The predicted octanol–water partition coefficient (Wildman–Crippen LogP) is 3.96. The van der Waals surface area contributed by atoms with Gasteiger partial charge in [-0.2, -0.15) is 0 Å². The van der Waals surface area contributed by atoms with Gasteiger partial charge in [0.05, 0.1) is 5.56 Å². The van der Waals surface area contributed by atoms with Crippen molar-refractivity contribution in [2.75, 3.05) is 0 Å². The number of benzene rings is 1. The van der Waals surface area contributed by atoms with Gasteiger partial charge in [0, 0.05) is 18.3 Å². The minimum absolute atomic E-state index is 0.0338. The summed E-state index contributed by atoms with van der Waals surface area (Å²) in [5.74, 6) is -0.693. The van der Waals surface area contributed by atoms with E-state index in [4.69, 9.17) is 5.11 Å². The average Bonchev–Trinajstić information content (AvgIpc) is 2.39. The molecule has 1 aromatic heterocycles. The molecule has 0 saturated heterocycles. The number of pyridine rings is 1. The van der Waals surface area contributed by atoms with Crippen LogP contribution in [0.5, 0.6) is 0 Å². The Morgan fingerprint density at radius 2 is 1.50 bits per heavy atom. The summed E-state index contributed by atoms with van der Waals surface area (Å²) in [6.45, 7) is 6.55. The Kier molecular flexibility index (Phi) is 3.89. The minimum Gasteiger partial charge on any atom is -0.478 e. The second-order valence-corrected chi connectivity index (χ2v) is 6.01. The number of hydrogen-bond donors (Lipinski definition) is 1. The lowest BCUT2D eigenvalue weighted by atomic mass is 9.73. The van der Waals surface area contributed by atoms with Gasteiger partial charge in [0.15, 0.2) is 0 Å². The maximum absolute atomic E-state index is 10.9. The normalized spacial score (nSPS) is 12.9. The van der Waals surface area contributed by atoms with Gasteiger partial charge in [-0.05, 0) is 40.8 Å². The molecule has 0 spiro atoms. The van der Waals surface area contributed by atoms with Crippen LogP contribution >= 0.6 is 0 Å². The zero-order valence-corrected chi connectivity index (χ0v) is 12.0. The number of hydrogen-bond acceptors (Lipinski definition) is 2. The first-order valence-electron chi connectivity index (χ1n) is 6.63. The molecule has 0 bridgehead atoms. The third kappa shape index (κ3) is 3.05. The van der Waals surface area contributed by atoms with Gasteiger partial charge < -0.3 is 5.11 Å². The van der Waals surface area contributed by atoms with E-state index in [-0.39, 0.29) is 11.3 Å². The Hall–Kier alpha value is -2.16. The fourth-order valence-electron chi connectivity index (χ4n) is 2.57. The molecule has 3 heteroatoms. The molecule has 1 N–H and O–H groups in total. The molecule has 0 aliphatic carbocycles. The van der Waals surface area contributed by atoms with E-state index in [0.717, 1.165) is 5.56 Å². The van der Waals surface area contributed by atoms with E-state index >= 15 is 0 Å². The lowest BCUT2D eigenvalue weighted by molar-refractivity contribution is 0.0697. The van der Waals surface area contributed by atoms with Gasteiger partial charge in [-0.15, -0.1) is 0 Å². The predicted molar refractivity (Wildman–Crippen MR) is 78.9 cm³/mol. The Morgan fingerprint density at radius 1 is 1.00 bits per heavy atom. The van der Waals surface area contributed by atoms with Crippen LogP contribution in [0, 0.1) is 5.41 Å². The maximum atomic E-state index is 10.9. The van der Waals surface area contributed by atoms with Gasteiger partial charge in [0.1, 0.15) is 0 Å². The van der Waals surface area contributed by atoms with Crippen molar-refractivity contribution >= 4 is 5.97 Å². The van der Waals surface area contributed by atoms with Crippen LogP contribution in [0.25, 0.3) is 0 Å². The quantitative estimate of drug-likeness (QED) is 0.917. The van der Waals surface area contributed by atoms with Gasteiger partial charge >= 0.3 is 5.97 Å². The molecule has 104 valence electrons. The van der Waals surface area contributed by atoms with Crippen molar-refractivity contribution in [3.63, 3.8) is 0 Å². The van der Waals surface area contributed by atoms with Crippen molar-refractivity contribution in [3.05, 3.63) is 65.5 Å². The third-order valence-corrected chi connectivity index (χ3v) is 3.40. The molecule has 1 aromatic carbocycles. The highest BCUT2D eigenvalue weighted by atomic mass is 16.4. The van der Waals surface area contributed by atoms with Gasteiger partial charge in [0.25, 0.3) is 0 Å². The van der Waals surface area contributed by atoms with E-state index in [1.165, 1.54) is 5.56 Å². The van der Waals surface area contributed by atoms with Crippen molar-refractivity contribution in [1.82, 2.24) is 4.98 Å². The number of aromatic nitrogens is 1. The molecule has 20 heavy (non-hydrogen) atoms. The maximum Gasteiger partial charge on any atom is 0.335 e. The summed E-state index contributed by atoms with van der Waals surface area (Å²) in [6, 6.07) is 11.2. The summed E-state index contributed by atoms with van der Waals surface area (Å²) in [6.07, 6.45) is 3.58. The second-order valence-electron chi connectivity index (χ2n) is 6.01. The molecule has 0 aliphatic heterocycles. The van der Waals surface area contributed by atoms with Crippen LogP contribution in [-0.2, 0) is 0 Å². The Labute approximate surface area is 119 Å². The van der Waals surface area contributed by atoms with E-state index in [9.17, 15) is 4.79 Å². The van der Waals surface area contributed by atoms with Crippen LogP contribution in [0.1, 0.15) is 48.2 Å². The van der Waals surface area contributed by atoms with Crippen LogP contribution in [-0.4, -0.2) is 16.1 Å². The SMILES string of the molecule is CC(C)(C)C(c1ccncc1)c1ccc(C(=O)O)cc1. The molecule has 0 amide bonds. The minimum atomic E-state index is -0.896. The smallest absolute Gasteiger partial charge is 0.335 e. The standard InChI is InChI=1S/C17H19NO2/c1-17(2,3)15(13-8-10-18-11-9-13)12-4-6-14(7-5-12)16(19)20/h4-11,15H,1-3H3,(H,19,20). The number of carboxylic acid groups (broad SMARTS) is 1. The second kappa shape index (κ2) is 5.45. The van der Waals surface area contributed by atoms with Gasteiger partial charge in [-0.25, -0.2) is 4.79 Å². The highest BCUT2D eigenvalue weighted by Gasteiger charge is 2.27. The number of rotatable bonds is 3. The zero-order chi connectivity index (χ0) is 14.8. The van der Waals surface area contributed by atoms with Crippen LogP contribution in [0.15, 0.2) is 48.8 Å². The van der Waals surface area contributed by atoms with Gasteiger partial charge in [-0.1, -0.05) is 32.9 Å². The third-order valence-electron chi connectivity index (χ3n) is 3.40. The Bertz CT molecular complexity index is 583. The number of carbonyl (C=O) groups is 1. The molecule has 0 fully saturated rings. The topological polar surface area (TPSA) is 50.2 Å². The summed E-state index contributed by atoms with van der Waals surface area (Å²) in [7, 11) is 0.